The molecule has 0 aliphatic carbocycles. The van der Waals surface area contributed by atoms with Gasteiger partial charge in [0.05, 0.1) is 11.1 Å². The van der Waals surface area contributed by atoms with Crippen LogP contribution >= 0.6 is 0 Å². The van der Waals surface area contributed by atoms with Gasteiger partial charge in [0.2, 0.25) is 5.91 Å². The molecule has 2 amide bonds. The van der Waals surface area contributed by atoms with Crippen molar-refractivity contribution in [3.63, 3.8) is 0 Å². The van der Waals surface area contributed by atoms with E-state index in [0.717, 1.165) is 47.2 Å². The molecule has 1 aromatic heterocycles. The van der Waals surface area contributed by atoms with Crippen LogP contribution in [0.2, 0.25) is 0 Å². The van der Waals surface area contributed by atoms with Crippen LogP contribution in [0.5, 0.6) is 0 Å². The molecule has 1 fully saturated rings. The Labute approximate surface area is 187 Å². The lowest BCUT2D eigenvalue weighted by Crippen LogP contribution is -2.31. The lowest BCUT2D eigenvalue weighted by Gasteiger charge is -2.21. The number of fused-ring (bicyclic) bond motifs is 1. The van der Waals surface area contributed by atoms with Crippen LogP contribution in [0.25, 0.3) is 22.0 Å². The molecule has 3 aromatic rings. The number of likely N-dealkylation sites (N-methyl/N-ethyl adjacent to an activating group) is 1. The molecular formula is C25H28N4O3. The van der Waals surface area contributed by atoms with Crippen LogP contribution in [0.4, 0.5) is 5.69 Å². The third-order valence-corrected chi connectivity index (χ3v) is 5.93. The summed E-state index contributed by atoms with van der Waals surface area (Å²) >= 11 is 0. The van der Waals surface area contributed by atoms with Gasteiger partial charge in [0.15, 0.2) is 0 Å². The molecule has 7 nitrogen and oxygen atoms in total. The number of carbonyl (C=O) groups excluding carboxylic acids is 2. The summed E-state index contributed by atoms with van der Waals surface area (Å²) in [5.74, 6) is -0.652. The second kappa shape index (κ2) is 9.38. The maximum Gasteiger partial charge on any atom is 0.250 e. The van der Waals surface area contributed by atoms with E-state index in [1.54, 1.807) is 18.3 Å². The number of nitrogens with zero attached hydrogens (tertiary/aromatic N) is 1. The van der Waals surface area contributed by atoms with E-state index in [1.165, 1.54) is 0 Å². The number of anilines is 1. The Morgan fingerprint density at radius 3 is 2.84 bits per heavy atom. The van der Waals surface area contributed by atoms with Crippen molar-refractivity contribution in [2.75, 3.05) is 25.5 Å². The Morgan fingerprint density at radius 1 is 1.25 bits per heavy atom. The van der Waals surface area contributed by atoms with E-state index in [2.05, 4.69) is 15.2 Å². The van der Waals surface area contributed by atoms with Gasteiger partial charge in [0.1, 0.15) is 6.23 Å². The van der Waals surface area contributed by atoms with Gasteiger partial charge in [-0.1, -0.05) is 24.3 Å². The molecule has 166 valence electrons. The molecule has 32 heavy (non-hydrogen) atoms. The van der Waals surface area contributed by atoms with Gasteiger partial charge in [0, 0.05) is 36.5 Å². The van der Waals surface area contributed by atoms with Crippen LogP contribution < -0.4 is 11.1 Å². The van der Waals surface area contributed by atoms with Crippen molar-refractivity contribution in [2.24, 2.45) is 5.73 Å². The molecule has 2 aromatic carbocycles. The van der Waals surface area contributed by atoms with E-state index in [1.807, 2.05) is 50.4 Å². The normalized spacial score (nSPS) is 16.3. The zero-order valence-corrected chi connectivity index (χ0v) is 18.4. The van der Waals surface area contributed by atoms with Gasteiger partial charge in [-0.15, -0.1) is 0 Å². The van der Waals surface area contributed by atoms with E-state index in [-0.39, 0.29) is 12.1 Å². The summed E-state index contributed by atoms with van der Waals surface area (Å²) in [7, 11) is 2.00. The third kappa shape index (κ3) is 4.44. The summed E-state index contributed by atoms with van der Waals surface area (Å²) in [5, 5.41) is 3.89. The number of nitrogens with two attached hydrogens (primary N) is 1. The van der Waals surface area contributed by atoms with Gasteiger partial charge in [0.25, 0.3) is 5.91 Å². The average molecular weight is 433 g/mol. The van der Waals surface area contributed by atoms with Crippen molar-refractivity contribution in [3.05, 3.63) is 65.9 Å². The van der Waals surface area contributed by atoms with Gasteiger partial charge in [-0.3, -0.25) is 14.5 Å². The summed E-state index contributed by atoms with van der Waals surface area (Å²) in [6.07, 6.45) is 7.44. The minimum absolute atomic E-state index is 0.132. The topological polar surface area (TPSA) is 100 Å². The van der Waals surface area contributed by atoms with Crippen LogP contribution in [-0.2, 0) is 9.53 Å². The maximum atomic E-state index is 12.5. The Morgan fingerprint density at radius 2 is 2.09 bits per heavy atom. The first-order valence-corrected chi connectivity index (χ1v) is 10.7. The highest BCUT2D eigenvalue weighted by atomic mass is 16.5. The largest absolute Gasteiger partial charge is 0.366 e. The lowest BCUT2D eigenvalue weighted by atomic mass is 9.94. The number of ether oxygens (including phenoxy) is 1. The molecular weight excluding hydrogens is 404 g/mol. The number of H-pyrrole nitrogens is 1. The minimum atomic E-state index is -0.473. The first-order chi connectivity index (χ1) is 15.5. The number of benzene rings is 2. The number of amides is 2. The van der Waals surface area contributed by atoms with Crippen molar-refractivity contribution in [2.45, 2.75) is 26.0 Å². The van der Waals surface area contributed by atoms with Gasteiger partial charge < -0.3 is 20.8 Å². The van der Waals surface area contributed by atoms with Crippen molar-refractivity contribution >= 4 is 28.4 Å². The summed E-state index contributed by atoms with van der Waals surface area (Å²) in [6.45, 7) is 3.42. The maximum absolute atomic E-state index is 12.5. The number of aromatic nitrogens is 1. The van der Waals surface area contributed by atoms with Crippen LogP contribution in [0.1, 0.15) is 28.8 Å². The van der Waals surface area contributed by atoms with Crippen molar-refractivity contribution in [3.8, 4) is 11.1 Å². The fourth-order valence-electron chi connectivity index (χ4n) is 4.19. The zero-order valence-electron chi connectivity index (χ0n) is 18.4. The first-order valence-electron chi connectivity index (χ1n) is 10.7. The number of primary amides is 1. The van der Waals surface area contributed by atoms with E-state index >= 15 is 0 Å². The molecule has 0 saturated carbocycles. The van der Waals surface area contributed by atoms with E-state index in [9.17, 15) is 9.59 Å². The summed E-state index contributed by atoms with van der Waals surface area (Å²) in [5.41, 5.74) is 10.3. The Kier molecular flexibility index (Phi) is 6.39. The lowest BCUT2D eigenvalue weighted by molar-refractivity contribution is -0.111. The molecule has 0 spiro atoms. The molecule has 0 bridgehead atoms. The van der Waals surface area contributed by atoms with Crippen LogP contribution in [-0.4, -0.2) is 48.1 Å². The number of hydrogen-bond donors (Lipinski definition) is 3. The monoisotopic (exact) mass is 432 g/mol. The second-order valence-electron chi connectivity index (χ2n) is 8.07. The number of carbonyl (C=O) groups is 2. The predicted molar refractivity (Wildman–Crippen MR) is 126 cm³/mol. The van der Waals surface area contributed by atoms with Crippen LogP contribution in [0.3, 0.4) is 0 Å². The first kappa shape index (κ1) is 21.8. The van der Waals surface area contributed by atoms with Crippen molar-refractivity contribution in [1.82, 2.24) is 9.88 Å². The summed E-state index contributed by atoms with van der Waals surface area (Å²) in [4.78, 5) is 29.4. The van der Waals surface area contributed by atoms with Crippen LogP contribution in [0, 0.1) is 6.92 Å². The molecule has 2 heterocycles. The molecule has 1 aliphatic heterocycles. The summed E-state index contributed by atoms with van der Waals surface area (Å²) in [6, 6.07) is 11.3. The highest BCUT2D eigenvalue weighted by Crippen LogP contribution is 2.34. The molecule has 1 unspecified atom stereocenters. The fourth-order valence-corrected chi connectivity index (χ4v) is 4.19. The average Bonchev–Trinajstić information content (AvgIpc) is 3.47. The Hall–Kier alpha value is -3.42. The highest BCUT2D eigenvalue weighted by molar-refractivity contribution is 6.09. The molecule has 1 atom stereocenters. The van der Waals surface area contributed by atoms with Gasteiger partial charge in [-0.05, 0) is 61.7 Å². The predicted octanol–water partition coefficient (Wildman–Crippen LogP) is 3.81. The van der Waals surface area contributed by atoms with Crippen molar-refractivity contribution < 1.29 is 14.3 Å². The Bertz CT molecular complexity index is 1180. The molecule has 4 N–H and O–H groups in total. The molecule has 4 rings (SSSR count). The van der Waals surface area contributed by atoms with E-state index < -0.39 is 5.91 Å². The molecule has 1 aliphatic rings. The highest BCUT2D eigenvalue weighted by Gasteiger charge is 2.19. The molecule has 0 radical (unpaired) electrons. The number of hydrogen-bond acceptors (Lipinski definition) is 4. The zero-order chi connectivity index (χ0) is 22.7. The number of rotatable bonds is 7. The minimum Gasteiger partial charge on any atom is -0.366 e. The Balaban J connectivity index is 1.52. The standard InChI is InChI=1S/C25H28N4O3/c1-16-17(18-10-11-20(25(26)31)24-19(18)12-13-27-24)6-3-7-21(16)28-22(30)8-4-14-29(2)23-9-5-15-32-23/h3-4,6-8,10-13,23,27H,5,9,14-15H2,1-2H3,(H2,26,31)(H,28,30)/b8-4+. The van der Waals surface area contributed by atoms with E-state index in [4.69, 9.17) is 10.5 Å². The molecule has 7 heteroatoms. The quantitative estimate of drug-likeness (QED) is 0.494. The third-order valence-electron chi connectivity index (χ3n) is 5.93. The van der Waals surface area contributed by atoms with Crippen molar-refractivity contribution in [1.29, 1.82) is 0 Å². The van der Waals surface area contributed by atoms with E-state index in [0.29, 0.717) is 17.6 Å². The fraction of sp³-hybridized carbons (Fsp3) is 0.280. The SMILES string of the molecule is Cc1c(NC(=O)/C=C/CN(C)C2CCCO2)cccc1-c1ccc(C(N)=O)c2[nH]ccc12. The number of aromatic amines is 1. The number of nitrogens with one attached hydrogen (secondary N) is 2. The van der Waals surface area contributed by atoms with Gasteiger partial charge in [-0.2, -0.15) is 0 Å². The second-order valence-corrected chi connectivity index (χ2v) is 8.07. The van der Waals surface area contributed by atoms with Crippen LogP contribution in [0.15, 0.2) is 54.7 Å². The van der Waals surface area contributed by atoms with Gasteiger partial charge >= 0.3 is 0 Å². The smallest absolute Gasteiger partial charge is 0.250 e. The van der Waals surface area contributed by atoms with Gasteiger partial charge in [-0.25, -0.2) is 0 Å². The molecule has 1 saturated heterocycles. The summed E-state index contributed by atoms with van der Waals surface area (Å²) < 4.78 is 5.65.